The molecule has 0 spiro atoms. The summed E-state index contributed by atoms with van der Waals surface area (Å²) in [6.45, 7) is -0.128. The Balaban J connectivity index is 1.60. The fraction of sp³-hybridized carbons (Fsp3) is 0.160. The van der Waals surface area contributed by atoms with Gasteiger partial charge in [-0.3, -0.25) is 14.4 Å². The van der Waals surface area contributed by atoms with Gasteiger partial charge in [0.25, 0.3) is 5.91 Å². The molecule has 0 fully saturated rings. The number of carbonyl (C=O) groups excluding carboxylic acids is 3. The fourth-order valence-corrected chi connectivity index (χ4v) is 3.33. The van der Waals surface area contributed by atoms with Crippen molar-refractivity contribution in [3.8, 4) is 5.75 Å². The van der Waals surface area contributed by atoms with E-state index in [-0.39, 0.29) is 31.4 Å². The van der Waals surface area contributed by atoms with Gasteiger partial charge in [-0.15, -0.1) is 0 Å². The number of methoxy groups -OCH3 is 1. The molecule has 0 aliphatic rings. The summed E-state index contributed by atoms with van der Waals surface area (Å²) in [4.78, 5) is 39.3. The van der Waals surface area contributed by atoms with Gasteiger partial charge in [-0.1, -0.05) is 46.3 Å². The molecule has 0 aliphatic heterocycles. The van der Waals surface area contributed by atoms with Crippen molar-refractivity contribution >= 4 is 39.3 Å². The van der Waals surface area contributed by atoms with Crippen molar-refractivity contribution in [1.82, 2.24) is 10.2 Å². The molecule has 0 saturated heterocycles. The van der Waals surface area contributed by atoms with E-state index < -0.39 is 5.91 Å². The normalized spacial score (nSPS) is 10.2. The van der Waals surface area contributed by atoms with Gasteiger partial charge in [0.1, 0.15) is 12.3 Å². The lowest BCUT2D eigenvalue weighted by atomic mass is 10.1. The molecule has 0 aromatic heterocycles. The molecule has 3 aromatic carbocycles. The highest BCUT2D eigenvalue weighted by molar-refractivity contribution is 9.10. The zero-order chi connectivity index (χ0) is 23.6. The maximum Gasteiger partial charge on any atom is 0.254 e. The molecule has 0 radical (unpaired) electrons. The van der Waals surface area contributed by atoms with Crippen molar-refractivity contribution in [1.29, 1.82) is 0 Å². The number of nitrogens with one attached hydrogen (secondary N) is 2. The highest BCUT2D eigenvalue weighted by Gasteiger charge is 2.20. The van der Waals surface area contributed by atoms with Gasteiger partial charge in [-0.2, -0.15) is 0 Å². The first-order chi connectivity index (χ1) is 15.9. The van der Waals surface area contributed by atoms with E-state index >= 15 is 0 Å². The molecule has 2 N–H and O–H groups in total. The molecule has 0 atom stereocenters. The lowest BCUT2D eigenvalue weighted by Gasteiger charge is -2.22. The lowest BCUT2D eigenvalue weighted by molar-refractivity contribution is -0.124. The zero-order valence-corrected chi connectivity index (χ0v) is 19.7. The number of rotatable bonds is 9. The monoisotopic (exact) mass is 509 g/mol. The fourth-order valence-electron chi connectivity index (χ4n) is 3.07. The van der Waals surface area contributed by atoms with Crippen molar-refractivity contribution in [2.24, 2.45) is 0 Å². The van der Waals surface area contributed by atoms with Gasteiger partial charge >= 0.3 is 0 Å². The van der Waals surface area contributed by atoms with Gasteiger partial charge in [-0.05, 0) is 54.1 Å². The van der Waals surface area contributed by atoms with Crippen LogP contribution in [-0.4, -0.2) is 42.8 Å². The summed E-state index contributed by atoms with van der Waals surface area (Å²) in [7, 11) is 1.56. The summed E-state index contributed by atoms with van der Waals surface area (Å²) in [5.41, 5.74) is 1.96. The van der Waals surface area contributed by atoms with Crippen LogP contribution in [0.25, 0.3) is 0 Å². The zero-order valence-electron chi connectivity index (χ0n) is 18.1. The Bertz CT molecular complexity index is 1090. The number of carbonyl (C=O) groups is 3. The van der Waals surface area contributed by atoms with Gasteiger partial charge in [0.2, 0.25) is 11.8 Å². The number of anilines is 1. The average Bonchev–Trinajstić information content (AvgIpc) is 2.83. The molecular formula is C25H24BrN3O4. The minimum absolute atomic E-state index is 0.181. The van der Waals surface area contributed by atoms with Crippen LogP contribution < -0.4 is 15.4 Å². The Morgan fingerprint density at radius 1 is 0.879 bits per heavy atom. The maximum atomic E-state index is 13.1. The van der Waals surface area contributed by atoms with Crippen molar-refractivity contribution in [2.45, 2.75) is 6.54 Å². The number of nitrogens with zero attached hydrogens (tertiary/aromatic N) is 1. The molecular weight excluding hydrogens is 486 g/mol. The first kappa shape index (κ1) is 24.0. The molecule has 33 heavy (non-hydrogen) atoms. The largest absolute Gasteiger partial charge is 0.497 e. The van der Waals surface area contributed by atoms with Crippen LogP contribution in [0, 0.1) is 0 Å². The van der Waals surface area contributed by atoms with E-state index in [4.69, 9.17) is 4.74 Å². The molecule has 0 unspecified atom stereocenters. The number of amides is 3. The Morgan fingerprint density at radius 3 is 2.18 bits per heavy atom. The molecule has 0 heterocycles. The van der Waals surface area contributed by atoms with Crippen LogP contribution >= 0.6 is 15.9 Å². The summed E-state index contributed by atoms with van der Waals surface area (Å²) in [6, 6.07) is 23.2. The summed E-state index contributed by atoms with van der Waals surface area (Å²) in [5, 5.41) is 5.28. The van der Waals surface area contributed by atoms with Crippen LogP contribution in [0.3, 0.4) is 0 Å². The number of hydrogen-bond acceptors (Lipinski definition) is 4. The quantitative estimate of drug-likeness (QED) is 0.458. The predicted molar refractivity (Wildman–Crippen MR) is 130 cm³/mol. The van der Waals surface area contributed by atoms with Gasteiger partial charge in [-0.25, -0.2) is 0 Å². The van der Waals surface area contributed by atoms with E-state index in [9.17, 15) is 14.4 Å². The smallest absolute Gasteiger partial charge is 0.254 e. The third kappa shape index (κ3) is 7.47. The van der Waals surface area contributed by atoms with Crippen LogP contribution in [-0.2, 0) is 16.1 Å². The second kappa shape index (κ2) is 11.8. The third-order valence-corrected chi connectivity index (χ3v) is 5.28. The number of halogens is 1. The van der Waals surface area contributed by atoms with E-state index in [0.29, 0.717) is 17.0 Å². The Labute approximate surface area is 200 Å². The molecule has 7 nitrogen and oxygen atoms in total. The van der Waals surface area contributed by atoms with Crippen molar-refractivity contribution in [3.63, 3.8) is 0 Å². The molecule has 170 valence electrons. The summed E-state index contributed by atoms with van der Waals surface area (Å²) in [5.74, 6) is -0.400. The lowest BCUT2D eigenvalue weighted by Crippen LogP contribution is -2.42. The molecule has 0 bridgehead atoms. The van der Waals surface area contributed by atoms with Gasteiger partial charge in [0.15, 0.2) is 0 Å². The van der Waals surface area contributed by atoms with E-state index in [1.165, 1.54) is 4.90 Å². The van der Waals surface area contributed by atoms with Crippen LogP contribution in [0.4, 0.5) is 5.69 Å². The number of ether oxygens (including phenoxy) is 1. The van der Waals surface area contributed by atoms with Crippen molar-refractivity contribution < 1.29 is 19.1 Å². The average molecular weight is 510 g/mol. The first-order valence-electron chi connectivity index (χ1n) is 10.2. The van der Waals surface area contributed by atoms with Gasteiger partial charge in [0.05, 0.1) is 13.7 Å². The molecule has 0 saturated carbocycles. The summed E-state index contributed by atoms with van der Waals surface area (Å²) >= 11 is 3.36. The first-order valence-corrected chi connectivity index (χ1v) is 11.0. The van der Waals surface area contributed by atoms with Crippen LogP contribution in [0.5, 0.6) is 5.75 Å². The van der Waals surface area contributed by atoms with Gasteiger partial charge < -0.3 is 20.3 Å². The topological polar surface area (TPSA) is 87.7 Å². The van der Waals surface area contributed by atoms with E-state index in [2.05, 4.69) is 26.6 Å². The van der Waals surface area contributed by atoms with E-state index in [1.54, 1.807) is 55.6 Å². The standard InChI is InChI=1S/C25H24BrN3O4/c1-33-22-13-11-21(12-14-22)28-23(30)15-27-24(31)17-29(16-18-5-3-2-4-6-18)25(32)19-7-9-20(26)10-8-19/h2-14H,15-17H2,1H3,(H,27,31)(H,28,30). The highest BCUT2D eigenvalue weighted by Crippen LogP contribution is 2.15. The number of benzene rings is 3. The molecule has 3 aromatic rings. The second-order valence-electron chi connectivity index (χ2n) is 7.21. The van der Waals surface area contributed by atoms with Crippen molar-refractivity contribution in [3.05, 3.63) is 94.5 Å². The molecule has 3 amide bonds. The molecule has 8 heteroatoms. The number of hydrogen-bond donors (Lipinski definition) is 2. The Kier molecular flexibility index (Phi) is 8.60. The minimum atomic E-state index is -0.429. The molecule has 3 rings (SSSR count). The second-order valence-corrected chi connectivity index (χ2v) is 8.12. The Hall–Kier alpha value is -3.65. The maximum absolute atomic E-state index is 13.1. The van der Waals surface area contributed by atoms with Crippen LogP contribution in [0.1, 0.15) is 15.9 Å². The Morgan fingerprint density at radius 2 is 1.55 bits per heavy atom. The third-order valence-electron chi connectivity index (χ3n) is 4.75. The van der Waals surface area contributed by atoms with Crippen LogP contribution in [0.15, 0.2) is 83.3 Å². The highest BCUT2D eigenvalue weighted by atomic mass is 79.9. The van der Waals surface area contributed by atoms with E-state index in [1.807, 2.05) is 30.3 Å². The molecule has 0 aliphatic carbocycles. The SMILES string of the molecule is COc1ccc(NC(=O)CNC(=O)CN(Cc2ccccc2)C(=O)c2ccc(Br)cc2)cc1. The summed E-state index contributed by atoms with van der Waals surface area (Å²) in [6.07, 6.45) is 0. The van der Waals surface area contributed by atoms with E-state index in [0.717, 1.165) is 10.0 Å². The minimum Gasteiger partial charge on any atom is -0.497 e. The van der Waals surface area contributed by atoms with Crippen LogP contribution in [0.2, 0.25) is 0 Å². The predicted octanol–water partition coefficient (Wildman–Crippen LogP) is 3.86. The van der Waals surface area contributed by atoms with Crippen molar-refractivity contribution in [2.75, 3.05) is 25.5 Å². The summed E-state index contributed by atoms with van der Waals surface area (Å²) < 4.78 is 5.94. The van der Waals surface area contributed by atoms with Gasteiger partial charge in [0, 0.05) is 22.3 Å².